The SMILES string of the molecule is CSc1ccccc1-c1cc([As]c2ccc(N)cc2)ncn1. The molecular weight excluding hydrogens is 353 g/mol. The Morgan fingerprint density at radius 1 is 1.00 bits per heavy atom. The van der Waals surface area contributed by atoms with E-state index in [-0.39, 0.29) is 15.8 Å². The fraction of sp³-hybridized carbons (Fsp3) is 0.0588. The standard InChI is InChI=1S/C17H15AsN3S/c1-22-16-5-3-2-4-14(16)15-10-17(21-11-20-15)18-12-6-8-13(19)9-7-12/h2-11H,19H2,1H3. The minimum atomic E-state index is -0.159. The van der Waals surface area contributed by atoms with E-state index in [9.17, 15) is 0 Å². The predicted octanol–water partition coefficient (Wildman–Crippen LogP) is 2.10. The van der Waals surface area contributed by atoms with Gasteiger partial charge in [0, 0.05) is 0 Å². The van der Waals surface area contributed by atoms with Crippen molar-refractivity contribution in [3.05, 3.63) is 60.9 Å². The van der Waals surface area contributed by atoms with Gasteiger partial charge in [-0.15, -0.1) is 0 Å². The summed E-state index contributed by atoms with van der Waals surface area (Å²) < 4.78 is 2.38. The van der Waals surface area contributed by atoms with Crippen molar-refractivity contribution in [2.75, 3.05) is 12.0 Å². The molecule has 1 radical (unpaired) electrons. The van der Waals surface area contributed by atoms with Crippen LogP contribution in [0.25, 0.3) is 11.3 Å². The molecule has 109 valence electrons. The number of nitrogen functional groups attached to an aromatic ring is 1. The van der Waals surface area contributed by atoms with Gasteiger partial charge < -0.3 is 0 Å². The van der Waals surface area contributed by atoms with Gasteiger partial charge in [0.2, 0.25) is 0 Å². The fourth-order valence-corrected chi connectivity index (χ4v) is 4.50. The van der Waals surface area contributed by atoms with Gasteiger partial charge in [-0.2, -0.15) is 0 Å². The number of benzene rings is 2. The molecule has 0 aliphatic heterocycles. The summed E-state index contributed by atoms with van der Waals surface area (Å²) in [5.74, 6) is 0. The van der Waals surface area contributed by atoms with Crippen molar-refractivity contribution in [2.45, 2.75) is 4.90 Å². The average Bonchev–Trinajstić information content (AvgIpc) is 2.57. The molecule has 3 rings (SSSR count). The summed E-state index contributed by atoms with van der Waals surface area (Å²) in [7, 11) is 0. The number of rotatable bonds is 4. The molecule has 2 aromatic carbocycles. The van der Waals surface area contributed by atoms with Gasteiger partial charge in [-0.25, -0.2) is 0 Å². The van der Waals surface area contributed by atoms with Crippen molar-refractivity contribution in [3.63, 3.8) is 0 Å². The molecule has 1 heterocycles. The summed E-state index contributed by atoms with van der Waals surface area (Å²) in [4.78, 5) is 10.1. The third-order valence-electron chi connectivity index (χ3n) is 3.17. The number of aromatic nitrogens is 2. The van der Waals surface area contributed by atoms with Crippen LogP contribution in [0, 0.1) is 0 Å². The molecule has 0 fully saturated rings. The van der Waals surface area contributed by atoms with Crippen molar-refractivity contribution in [3.8, 4) is 11.3 Å². The molecule has 0 unspecified atom stereocenters. The summed E-state index contributed by atoms with van der Waals surface area (Å²) in [6, 6.07) is 18.5. The molecular formula is C17H15AsN3S. The number of nitrogens with zero attached hydrogens (tertiary/aromatic N) is 2. The molecule has 0 aliphatic carbocycles. The van der Waals surface area contributed by atoms with E-state index in [1.807, 2.05) is 18.2 Å². The molecule has 0 spiro atoms. The molecule has 0 bridgehead atoms. The quantitative estimate of drug-likeness (QED) is 0.435. The first-order valence-corrected chi connectivity index (χ1v) is 9.89. The van der Waals surface area contributed by atoms with Crippen LogP contribution in [0.5, 0.6) is 0 Å². The zero-order chi connectivity index (χ0) is 15.4. The normalized spacial score (nSPS) is 11.1. The Morgan fingerprint density at radius 2 is 1.77 bits per heavy atom. The van der Waals surface area contributed by atoms with E-state index in [1.165, 1.54) is 9.25 Å². The number of anilines is 1. The van der Waals surface area contributed by atoms with Crippen LogP contribution >= 0.6 is 11.8 Å². The second-order valence-electron chi connectivity index (χ2n) is 4.67. The predicted molar refractivity (Wildman–Crippen MR) is 95.1 cm³/mol. The molecule has 3 nitrogen and oxygen atoms in total. The first-order chi connectivity index (χ1) is 10.8. The van der Waals surface area contributed by atoms with E-state index in [0.29, 0.717) is 0 Å². The molecule has 0 amide bonds. The van der Waals surface area contributed by atoms with Crippen LogP contribution in [0.4, 0.5) is 5.69 Å². The zero-order valence-electron chi connectivity index (χ0n) is 12.1. The second kappa shape index (κ2) is 6.99. The molecule has 1 aromatic heterocycles. The Balaban J connectivity index is 1.91. The number of hydrogen-bond donors (Lipinski definition) is 1. The average molecular weight is 368 g/mol. The van der Waals surface area contributed by atoms with Crippen LogP contribution in [0.15, 0.2) is 65.8 Å². The first kappa shape index (κ1) is 15.1. The molecule has 0 atom stereocenters. The van der Waals surface area contributed by atoms with Crippen LogP contribution in [0.3, 0.4) is 0 Å². The van der Waals surface area contributed by atoms with E-state index in [0.717, 1.165) is 21.4 Å². The van der Waals surface area contributed by atoms with Crippen molar-refractivity contribution in [1.29, 1.82) is 0 Å². The minimum absolute atomic E-state index is 0.159. The van der Waals surface area contributed by atoms with Gasteiger partial charge in [-0.05, 0) is 0 Å². The van der Waals surface area contributed by atoms with Gasteiger partial charge in [0.05, 0.1) is 0 Å². The van der Waals surface area contributed by atoms with E-state index >= 15 is 0 Å². The molecule has 22 heavy (non-hydrogen) atoms. The Bertz CT molecular complexity index is 775. The molecule has 0 saturated carbocycles. The van der Waals surface area contributed by atoms with E-state index in [2.05, 4.69) is 52.6 Å². The summed E-state index contributed by atoms with van der Waals surface area (Å²) in [5, 5.41) is 0. The molecule has 2 N–H and O–H groups in total. The van der Waals surface area contributed by atoms with E-state index in [1.54, 1.807) is 18.1 Å². The van der Waals surface area contributed by atoms with Gasteiger partial charge in [0.15, 0.2) is 0 Å². The Kier molecular flexibility index (Phi) is 4.81. The van der Waals surface area contributed by atoms with Crippen molar-refractivity contribution in [2.24, 2.45) is 0 Å². The van der Waals surface area contributed by atoms with Crippen LogP contribution in [-0.2, 0) is 0 Å². The monoisotopic (exact) mass is 368 g/mol. The third-order valence-corrected chi connectivity index (χ3v) is 6.13. The first-order valence-electron chi connectivity index (χ1n) is 6.79. The van der Waals surface area contributed by atoms with E-state index < -0.39 is 0 Å². The van der Waals surface area contributed by atoms with Gasteiger partial charge in [0.1, 0.15) is 0 Å². The molecule has 0 saturated heterocycles. The Labute approximate surface area is 141 Å². The van der Waals surface area contributed by atoms with Crippen molar-refractivity contribution < 1.29 is 0 Å². The Hall–Kier alpha value is -1.77. The molecule has 0 aliphatic rings. The van der Waals surface area contributed by atoms with Crippen molar-refractivity contribution in [1.82, 2.24) is 9.97 Å². The number of nitrogens with two attached hydrogens (primary N) is 1. The summed E-state index contributed by atoms with van der Waals surface area (Å²) >= 11 is 1.58. The van der Waals surface area contributed by atoms with E-state index in [4.69, 9.17) is 5.73 Å². The second-order valence-corrected chi connectivity index (χ2v) is 8.03. The van der Waals surface area contributed by atoms with Crippen LogP contribution in [-0.4, -0.2) is 32.0 Å². The maximum atomic E-state index is 5.73. The maximum absolute atomic E-state index is 5.73. The Morgan fingerprint density at radius 3 is 2.55 bits per heavy atom. The van der Waals surface area contributed by atoms with Gasteiger partial charge in [0.25, 0.3) is 0 Å². The number of hydrogen-bond acceptors (Lipinski definition) is 4. The fourth-order valence-electron chi connectivity index (χ4n) is 2.09. The van der Waals surface area contributed by atoms with Crippen LogP contribution in [0.2, 0.25) is 0 Å². The third kappa shape index (κ3) is 3.52. The van der Waals surface area contributed by atoms with Crippen LogP contribution < -0.4 is 14.6 Å². The van der Waals surface area contributed by atoms with Gasteiger partial charge in [-0.1, -0.05) is 0 Å². The summed E-state index contributed by atoms with van der Waals surface area (Å²) in [6.45, 7) is 0. The van der Waals surface area contributed by atoms with Crippen LogP contribution in [0.1, 0.15) is 0 Å². The van der Waals surface area contributed by atoms with Crippen molar-refractivity contribution >= 4 is 42.0 Å². The molecule has 3 aromatic rings. The topological polar surface area (TPSA) is 51.8 Å². The summed E-state index contributed by atoms with van der Waals surface area (Å²) in [5.41, 5.74) is 8.68. The van der Waals surface area contributed by atoms with Gasteiger partial charge in [-0.3, -0.25) is 0 Å². The zero-order valence-corrected chi connectivity index (χ0v) is 14.8. The molecule has 5 heteroatoms. The summed E-state index contributed by atoms with van der Waals surface area (Å²) in [6.07, 6.45) is 3.75. The number of thioether (sulfide) groups is 1. The van der Waals surface area contributed by atoms with Gasteiger partial charge >= 0.3 is 141 Å².